The molecule has 0 aliphatic rings. The van der Waals surface area contributed by atoms with E-state index < -0.39 is 20.0 Å². The number of carbonyl (C=O) groups excluding carboxylic acids is 1. The molecule has 3 N–H and O–H groups in total. The molecule has 8 nitrogen and oxygen atoms in total. The molecule has 0 aliphatic carbocycles. The van der Waals surface area contributed by atoms with E-state index in [-0.39, 0.29) is 25.5 Å². The zero-order valence-electron chi connectivity index (χ0n) is 42.0. The van der Waals surface area contributed by atoms with Gasteiger partial charge in [0.1, 0.15) is 13.2 Å². The zero-order chi connectivity index (χ0) is 47.1. The van der Waals surface area contributed by atoms with Gasteiger partial charge in [0.2, 0.25) is 5.91 Å². The number of rotatable bonds is 46. The Kier molecular flexibility index (Phi) is 44.2. The van der Waals surface area contributed by atoms with E-state index in [1.807, 2.05) is 39.4 Å². The Morgan fingerprint density at radius 3 is 1.34 bits per heavy atom. The van der Waals surface area contributed by atoms with Crippen molar-refractivity contribution in [1.82, 2.24) is 5.32 Å². The third-order valence-corrected chi connectivity index (χ3v) is 12.1. The average molecular weight is 916 g/mol. The predicted molar refractivity (Wildman–Crippen MR) is 276 cm³/mol. The standard InChI is InChI=1S/C55H99N2O6P/c1-6-8-10-12-14-16-18-20-22-24-26-27-28-29-31-32-34-36-38-40-42-44-46-48-54(58)53(52-63-64(60,61)62-51-50-57(3,4)5)56-55(59)49-47-45-43-41-39-37-35-33-30-25-23-21-19-17-15-13-11-9-7-2/h9,11,15,17,21,23,30,33,37,39,43,45-46,48,53-54,58H,6-8,10,12-14,16,18-20,22,24-29,31-32,34-36,38,40-42,44,47,49-52H2,1-5H3,(H-,56,59,60,61)/p+1/b11-9-,17-15-,23-21-,33-30-,39-37-,45-43-,48-46+. The monoisotopic (exact) mass is 916 g/mol. The van der Waals surface area contributed by atoms with E-state index in [2.05, 4.69) is 79.9 Å². The maximum absolute atomic E-state index is 12.9. The van der Waals surface area contributed by atoms with E-state index >= 15 is 0 Å². The minimum atomic E-state index is -4.37. The number of hydrogen-bond acceptors (Lipinski definition) is 5. The lowest BCUT2D eigenvalue weighted by molar-refractivity contribution is -0.870. The number of nitrogens with zero attached hydrogens (tertiary/aromatic N) is 1. The molecule has 0 bridgehead atoms. The van der Waals surface area contributed by atoms with Crippen LogP contribution < -0.4 is 5.32 Å². The Hall–Kier alpha value is -2.32. The minimum Gasteiger partial charge on any atom is -0.387 e. The third-order valence-electron chi connectivity index (χ3n) is 11.1. The van der Waals surface area contributed by atoms with Gasteiger partial charge in [-0.05, 0) is 57.8 Å². The van der Waals surface area contributed by atoms with E-state index in [1.165, 1.54) is 122 Å². The summed E-state index contributed by atoms with van der Waals surface area (Å²) in [6.45, 7) is 4.64. The third kappa shape index (κ3) is 47.6. The Labute approximate surface area is 395 Å². The van der Waals surface area contributed by atoms with Crippen LogP contribution in [0.15, 0.2) is 85.1 Å². The summed E-state index contributed by atoms with van der Waals surface area (Å²) in [5.74, 6) is -0.261. The molecule has 0 aromatic heterocycles. The lowest BCUT2D eigenvalue weighted by atomic mass is 10.0. The summed E-state index contributed by atoms with van der Waals surface area (Å²) in [5, 5.41) is 13.8. The van der Waals surface area contributed by atoms with Crippen LogP contribution in [0, 0.1) is 0 Å². The molecule has 0 radical (unpaired) electrons. The highest BCUT2D eigenvalue weighted by Crippen LogP contribution is 2.43. The SMILES string of the molecule is CC/C=C\C/C=C\C/C=C\C/C=C\C/C=C\C/C=C\CCC(=O)NC(COP(=O)(O)OCC[N+](C)(C)C)C(O)/C=C/CCCCCCCCCCCCCCCCCCCCCCC. The summed E-state index contributed by atoms with van der Waals surface area (Å²) in [7, 11) is 1.52. The smallest absolute Gasteiger partial charge is 0.387 e. The van der Waals surface area contributed by atoms with Crippen LogP contribution in [0.25, 0.3) is 0 Å². The molecule has 0 aromatic carbocycles. The van der Waals surface area contributed by atoms with E-state index in [9.17, 15) is 19.4 Å². The first-order chi connectivity index (χ1) is 31.0. The van der Waals surface area contributed by atoms with Crippen LogP contribution >= 0.6 is 7.82 Å². The highest BCUT2D eigenvalue weighted by Gasteiger charge is 2.27. The topological polar surface area (TPSA) is 105 Å². The molecule has 64 heavy (non-hydrogen) atoms. The summed E-state index contributed by atoms with van der Waals surface area (Å²) in [5.41, 5.74) is 0. The molecule has 1 amide bonds. The van der Waals surface area contributed by atoms with Gasteiger partial charge in [0.15, 0.2) is 0 Å². The van der Waals surface area contributed by atoms with E-state index in [1.54, 1.807) is 6.08 Å². The van der Waals surface area contributed by atoms with E-state index in [4.69, 9.17) is 9.05 Å². The van der Waals surface area contributed by atoms with Gasteiger partial charge in [0.25, 0.3) is 0 Å². The highest BCUT2D eigenvalue weighted by atomic mass is 31.2. The molecule has 370 valence electrons. The second-order valence-corrected chi connectivity index (χ2v) is 20.0. The van der Waals surface area contributed by atoms with Gasteiger partial charge < -0.3 is 19.8 Å². The summed E-state index contributed by atoms with van der Waals surface area (Å²) in [6.07, 6.45) is 64.0. The second-order valence-electron chi connectivity index (χ2n) is 18.5. The van der Waals surface area contributed by atoms with Gasteiger partial charge in [-0.25, -0.2) is 4.57 Å². The molecule has 3 atom stereocenters. The number of unbranched alkanes of at least 4 members (excludes halogenated alkanes) is 21. The number of carbonyl (C=O) groups is 1. The first-order valence-electron chi connectivity index (χ1n) is 26.0. The first-order valence-corrected chi connectivity index (χ1v) is 27.5. The number of phosphoric ester groups is 1. The van der Waals surface area contributed by atoms with Gasteiger partial charge in [0, 0.05) is 6.42 Å². The summed E-state index contributed by atoms with van der Waals surface area (Å²) in [6, 6.07) is -0.892. The van der Waals surface area contributed by atoms with Gasteiger partial charge in [-0.3, -0.25) is 13.8 Å². The molecule has 3 unspecified atom stereocenters. The van der Waals surface area contributed by atoms with Crippen molar-refractivity contribution in [3.8, 4) is 0 Å². The van der Waals surface area contributed by atoms with E-state index in [0.717, 1.165) is 57.8 Å². The Balaban J connectivity index is 4.42. The number of phosphoric acid groups is 1. The fourth-order valence-electron chi connectivity index (χ4n) is 7.06. The van der Waals surface area contributed by atoms with Gasteiger partial charge in [-0.15, -0.1) is 0 Å². The van der Waals surface area contributed by atoms with Gasteiger partial charge in [0.05, 0.1) is 39.9 Å². The average Bonchev–Trinajstić information content (AvgIpc) is 3.25. The normalized spacial score (nSPS) is 14.8. The highest BCUT2D eigenvalue weighted by molar-refractivity contribution is 7.47. The molecule has 0 fully saturated rings. The summed E-state index contributed by atoms with van der Waals surface area (Å²) >= 11 is 0. The molecule has 0 spiro atoms. The van der Waals surface area contributed by atoms with Crippen LogP contribution in [-0.4, -0.2) is 73.4 Å². The Bertz CT molecular complexity index is 1310. The Morgan fingerprint density at radius 1 is 0.547 bits per heavy atom. The number of hydrogen-bond donors (Lipinski definition) is 3. The molecule has 0 aliphatic heterocycles. The number of amides is 1. The number of aliphatic hydroxyl groups is 1. The number of allylic oxidation sites excluding steroid dienone is 13. The van der Waals surface area contributed by atoms with Gasteiger partial charge in [-0.1, -0.05) is 227 Å². The van der Waals surface area contributed by atoms with Crippen LogP contribution in [0.3, 0.4) is 0 Å². The number of quaternary nitrogens is 1. The fourth-order valence-corrected chi connectivity index (χ4v) is 7.80. The van der Waals surface area contributed by atoms with E-state index in [0.29, 0.717) is 17.4 Å². The number of nitrogens with one attached hydrogen (secondary N) is 1. The van der Waals surface area contributed by atoms with Crippen molar-refractivity contribution < 1.29 is 32.9 Å². The molecule has 0 saturated carbocycles. The maximum atomic E-state index is 12.9. The van der Waals surface area contributed by atoms with Crippen LogP contribution in [0.5, 0.6) is 0 Å². The lowest BCUT2D eigenvalue weighted by Gasteiger charge is -2.25. The van der Waals surface area contributed by atoms with Crippen LogP contribution in [0.1, 0.15) is 206 Å². The van der Waals surface area contributed by atoms with Crippen LogP contribution in [0.2, 0.25) is 0 Å². The molecule has 0 aromatic rings. The van der Waals surface area contributed by atoms with Crippen molar-refractivity contribution in [2.24, 2.45) is 0 Å². The van der Waals surface area contributed by atoms with Gasteiger partial charge in [-0.2, -0.15) is 0 Å². The minimum absolute atomic E-state index is 0.0439. The van der Waals surface area contributed by atoms with Gasteiger partial charge >= 0.3 is 7.82 Å². The van der Waals surface area contributed by atoms with Crippen LogP contribution in [0.4, 0.5) is 0 Å². The first kappa shape index (κ1) is 61.7. The van der Waals surface area contributed by atoms with Crippen molar-refractivity contribution >= 4 is 13.7 Å². The Morgan fingerprint density at radius 2 is 0.938 bits per heavy atom. The molecule has 9 heteroatoms. The lowest BCUT2D eigenvalue weighted by Crippen LogP contribution is -2.45. The molecular weight excluding hydrogens is 816 g/mol. The fraction of sp³-hybridized carbons (Fsp3) is 0.727. The van der Waals surface area contributed by atoms with Crippen molar-refractivity contribution in [3.05, 3.63) is 85.1 Å². The van der Waals surface area contributed by atoms with Crippen molar-refractivity contribution in [2.75, 3.05) is 40.9 Å². The molecule has 0 rings (SSSR count). The second kappa shape index (κ2) is 45.8. The molecule has 0 saturated heterocycles. The summed E-state index contributed by atoms with van der Waals surface area (Å²) in [4.78, 5) is 23.2. The largest absolute Gasteiger partial charge is 0.472 e. The molecular formula is C55H100N2O6P+. The number of likely N-dealkylation sites (N-methyl/N-ethyl adjacent to an activating group) is 1. The van der Waals surface area contributed by atoms with Crippen molar-refractivity contribution in [2.45, 2.75) is 219 Å². The van der Waals surface area contributed by atoms with Crippen LogP contribution in [-0.2, 0) is 18.4 Å². The predicted octanol–water partition coefficient (Wildman–Crippen LogP) is 15.3. The number of aliphatic hydroxyl groups excluding tert-OH is 1. The maximum Gasteiger partial charge on any atom is 0.472 e. The van der Waals surface area contributed by atoms with Crippen molar-refractivity contribution in [1.29, 1.82) is 0 Å². The summed E-state index contributed by atoms with van der Waals surface area (Å²) < 4.78 is 23.6. The molecule has 0 heterocycles. The quantitative estimate of drug-likeness (QED) is 0.0243. The zero-order valence-corrected chi connectivity index (χ0v) is 42.9. The van der Waals surface area contributed by atoms with Crippen molar-refractivity contribution in [3.63, 3.8) is 0 Å².